The molecule has 4 heteroatoms. The van der Waals surface area contributed by atoms with Crippen molar-refractivity contribution in [1.82, 2.24) is 4.98 Å². The maximum Gasteiger partial charge on any atom is 0.128 e. The molecule has 0 radical (unpaired) electrons. The second kappa shape index (κ2) is 5.69. The number of benzene rings is 1. The molecule has 0 spiro atoms. The molecule has 0 aliphatic rings. The Morgan fingerprint density at radius 3 is 2.63 bits per heavy atom. The predicted octanol–water partition coefficient (Wildman–Crippen LogP) is 3.46. The molecule has 1 aromatic heterocycles. The van der Waals surface area contributed by atoms with Crippen molar-refractivity contribution < 1.29 is 4.39 Å². The number of hydrogen-bond donors (Lipinski definition) is 1. The molecule has 0 aliphatic carbocycles. The van der Waals surface area contributed by atoms with Crippen LogP contribution in [0, 0.1) is 5.82 Å². The molecule has 2 aromatic rings. The number of nitrogens with one attached hydrogen (secondary N) is 1. The SMILES string of the molecule is CC(Nc1cnccc1N(C)C)c1ccccc1F. The molecule has 1 aromatic carbocycles. The van der Waals surface area contributed by atoms with Crippen LogP contribution in [0.15, 0.2) is 42.7 Å². The van der Waals surface area contributed by atoms with Gasteiger partial charge in [0.15, 0.2) is 0 Å². The van der Waals surface area contributed by atoms with Crippen molar-refractivity contribution in [2.75, 3.05) is 24.3 Å². The number of halogens is 1. The van der Waals surface area contributed by atoms with E-state index in [0.717, 1.165) is 11.4 Å². The molecule has 19 heavy (non-hydrogen) atoms. The average Bonchev–Trinajstić information content (AvgIpc) is 2.39. The number of anilines is 2. The summed E-state index contributed by atoms with van der Waals surface area (Å²) in [6, 6.07) is 8.61. The topological polar surface area (TPSA) is 28.2 Å². The van der Waals surface area contributed by atoms with Crippen LogP contribution in [0.3, 0.4) is 0 Å². The first-order chi connectivity index (χ1) is 9.09. The van der Waals surface area contributed by atoms with Crippen molar-refractivity contribution in [3.8, 4) is 0 Å². The van der Waals surface area contributed by atoms with E-state index in [1.165, 1.54) is 6.07 Å². The van der Waals surface area contributed by atoms with Gasteiger partial charge >= 0.3 is 0 Å². The van der Waals surface area contributed by atoms with E-state index < -0.39 is 0 Å². The molecule has 1 heterocycles. The molecular formula is C15H18FN3. The highest BCUT2D eigenvalue weighted by Gasteiger charge is 2.12. The lowest BCUT2D eigenvalue weighted by molar-refractivity contribution is 0.600. The van der Waals surface area contributed by atoms with Crippen molar-refractivity contribution in [3.63, 3.8) is 0 Å². The fourth-order valence-electron chi connectivity index (χ4n) is 2.03. The number of hydrogen-bond acceptors (Lipinski definition) is 3. The normalized spacial score (nSPS) is 12.0. The molecule has 0 saturated carbocycles. The summed E-state index contributed by atoms with van der Waals surface area (Å²) in [5.74, 6) is -0.196. The fourth-order valence-corrected chi connectivity index (χ4v) is 2.03. The van der Waals surface area contributed by atoms with Gasteiger partial charge in [0, 0.05) is 25.9 Å². The third-order valence-corrected chi connectivity index (χ3v) is 3.02. The average molecular weight is 259 g/mol. The zero-order chi connectivity index (χ0) is 13.8. The molecular weight excluding hydrogens is 241 g/mol. The Labute approximate surface area is 113 Å². The Morgan fingerprint density at radius 2 is 1.95 bits per heavy atom. The minimum Gasteiger partial charge on any atom is -0.376 e. The molecule has 3 nitrogen and oxygen atoms in total. The minimum absolute atomic E-state index is 0.121. The molecule has 1 atom stereocenters. The molecule has 0 saturated heterocycles. The van der Waals surface area contributed by atoms with Gasteiger partial charge in [-0.25, -0.2) is 4.39 Å². The molecule has 2 rings (SSSR count). The quantitative estimate of drug-likeness (QED) is 0.911. The van der Waals surface area contributed by atoms with Crippen LogP contribution in [0.25, 0.3) is 0 Å². The van der Waals surface area contributed by atoms with Crippen LogP contribution in [0.5, 0.6) is 0 Å². The van der Waals surface area contributed by atoms with Crippen molar-refractivity contribution in [2.24, 2.45) is 0 Å². The summed E-state index contributed by atoms with van der Waals surface area (Å²) < 4.78 is 13.7. The van der Waals surface area contributed by atoms with Crippen LogP contribution in [0.4, 0.5) is 15.8 Å². The van der Waals surface area contributed by atoms with Gasteiger partial charge in [-0.3, -0.25) is 4.98 Å². The molecule has 1 unspecified atom stereocenters. The van der Waals surface area contributed by atoms with Crippen molar-refractivity contribution >= 4 is 11.4 Å². The highest BCUT2D eigenvalue weighted by atomic mass is 19.1. The van der Waals surface area contributed by atoms with E-state index >= 15 is 0 Å². The monoisotopic (exact) mass is 259 g/mol. The van der Waals surface area contributed by atoms with Crippen LogP contribution in [0.2, 0.25) is 0 Å². The summed E-state index contributed by atoms with van der Waals surface area (Å²) in [5.41, 5.74) is 2.57. The Bertz CT molecular complexity index is 555. The zero-order valence-corrected chi connectivity index (χ0v) is 11.4. The predicted molar refractivity (Wildman–Crippen MR) is 77.0 cm³/mol. The first kappa shape index (κ1) is 13.3. The van der Waals surface area contributed by atoms with Crippen LogP contribution in [-0.4, -0.2) is 19.1 Å². The Hall–Kier alpha value is -2.10. The minimum atomic E-state index is -0.196. The molecule has 0 fully saturated rings. The Kier molecular flexibility index (Phi) is 4.00. The summed E-state index contributed by atoms with van der Waals surface area (Å²) in [6.07, 6.45) is 3.50. The third kappa shape index (κ3) is 3.02. The largest absolute Gasteiger partial charge is 0.376 e. The summed E-state index contributed by atoms with van der Waals surface area (Å²) in [7, 11) is 3.93. The van der Waals surface area contributed by atoms with Gasteiger partial charge < -0.3 is 10.2 Å². The van der Waals surface area contributed by atoms with Gasteiger partial charge in [0.25, 0.3) is 0 Å². The van der Waals surface area contributed by atoms with Gasteiger partial charge in [0.05, 0.1) is 23.6 Å². The molecule has 0 aliphatic heterocycles. The third-order valence-electron chi connectivity index (χ3n) is 3.02. The number of pyridine rings is 1. The van der Waals surface area contributed by atoms with E-state index in [9.17, 15) is 4.39 Å². The first-order valence-corrected chi connectivity index (χ1v) is 6.22. The molecule has 1 N–H and O–H groups in total. The maximum absolute atomic E-state index is 13.7. The smallest absolute Gasteiger partial charge is 0.128 e. The molecule has 0 amide bonds. The second-order valence-electron chi connectivity index (χ2n) is 4.67. The van der Waals surface area contributed by atoms with Crippen LogP contribution in [-0.2, 0) is 0 Å². The summed E-state index contributed by atoms with van der Waals surface area (Å²) in [5, 5.41) is 3.30. The van der Waals surface area contributed by atoms with E-state index in [2.05, 4.69) is 10.3 Å². The van der Waals surface area contributed by atoms with Crippen LogP contribution in [0.1, 0.15) is 18.5 Å². The second-order valence-corrected chi connectivity index (χ2v) is 4.67. The number of nitrogens with zero attached hydrogens (tertiary/aromatic N) is 2. The summed E-state index contributed by atoms with van der Waals surface area (Å²) in [6.45, 7) is 1.94. The van der Waals surface area contributed by atoms with Gasteiger partial charge in [-0.05, 0) is 19.1 Å². The Balaban J connectivity index is 2.24. The summed E-state index contributed by atoms with van der Waals surface area (Å²) in [4.78, 5) is 6.11. The van der Waals surface area contributed by atoms with Crippen molar-refractivity contribution in [3.05, 3.63) is 54.1 Å². The standard InChI is InChI=1S/C15H18FN3/c1-11(12-6-4-5-7-13(12)16)18-14-10-17-9-8-15(14)19(2)3/h4-11,18H,1-3H3. The number of rotatable bonds is 4. The lowest BCUT2D eigenvalue weighted by Crippen LogP contribution is -2.15. The van der Waals surface area contributed by atoms with Gasteiger partial charge in [0.1, 0.15) is 5.82 Å². The van der Waals surface area contributed by atoms with Crippen LogP contribution >= 0.6 is 0 Å². The molecule has 0 bridgehead atoms. The van der Waals surface area contributed by atoms with Crippen molar-refractivity contribution in [1.29, 1.82) is 0 Å². The number of aromatic nitrogens is 1. The van der Waals surface area contributed by atoms with E-state index in [-0.39, 0.29) is 11.9 Å². The van der Waals surface area contributed by atoms with Gasteiger partial charge in [-0.15, -0.1) is 0 Å². The highest BCUT2D eigenvalue weighted by Crippen LogP contribution is 2.27. The first-order valence-electron chi connectivity index (χ1n) is 6.22. The zero-order valence-electron chi connectivity index (χ0n) is 11.4. The van der Waals surface area contributed by atoms with E-state index in [1.54, 1.807) is 24.5 Å². The molecule has 100 valence electrons. The fraction of sp³-hybridized carbons (Fsp3) is 0.267. The lowest BCUT2D eigenvalue weighted by atomic mass is 10.1. The highest BCUT2D eigenvalue weighted by molar-refractivity contribution is 5.68. The lowest BCUT2D eigenvalue weighted by Gasteiger charge is -2.21. The van der Waals surface area contributed by atoms with Gasteiger partial charge in [-0.2, -0.15) is 0 Å². The summed E-state index contributed by atoms with van der Waals surface area (Å²) >= 11 is 0. The van der Waals surface area contributed by atoms with E-state index in [0.29, 0.717) is 5.56 Å². The van der Waals surface area contributed by atoms with Crippen LogP contribution < -0.4 is 10.2 Å². The van der Waals surface area contributed by atoms with E-state index in [1.807, 2.05) is 38.1 Å². The Morgan fingerprint density at radius 1 is 1.21 bits per heavy atom. The maximum atomic E-state index is 13.7. The van der Waals surface area contributed by atoms with Gasteiger partial charge in [-0.1, -0.05) is 18.2 Å². The van der Waals surface area contributed by atoms with Crippen molar-refractivity contribution in [2.45, 2.75) is 13.0 Å². The van der Waals surface area contributed by atoms with Gasteiger partial charge in [0.2, 0.25) is 0 Å². The van der Waals surface area contributed by atoms with E-state index in [4.69, 9.17) is 0 Å².